The van der Waals surface area contributed by atoms with Gasteiger partial charge in [0.15, 0.2) is 0 Å². The zero-order valence-corrected chi connectivity index (χ0v) is 19.7. The van der Waals surface area contributed by atoms with Crippen molar-refractivity contribution in [2.45, 2.75) is 77.4 Å². The molecule has 1 saturated heterocycles. The lowest BCUT2D eigenvalue weighted by molar-refractivity contribution is 0.0952. The number of carbonyl (C=O) groups is 1. The molecule has 4 nitrogen and oxygen atoms in total. The van der Waals surface area contributed by atoms with Crippen LogP contribution >= 0.6 is 0 Å². The van der Waals surface area contributed by atoms with Gasteiger partial charge in [-0.05, 0) is 80.8 Å². The van der Waals surface area contributed by atoms with E-state index in [4.69, 9.17) is 4.74 Å². The van der Waals surface area contributed by atoms with Gasteiger partial charge in [0, 0.05) is 30.7 Å². The quantitative estimate of drug-likeness (QED) is 0.529. The predicted octanol–water partition coefficient (Wildman–Crippen LogP) is 5.60. The molecular formula is C28H38N2O2. The summed E-state index contributed by atoms with van der Waals surface area (Å²) in [6.07, 6.45) is 8.64. The molecule has 1 N–H and O–H groups in total. The van der Waals surface area contributed by atoms with Crippen LogP contribution in [0, 0.1) is 5.92 Å². The minimum absolute atomic E-state index is 0.0285. The van der Waals surface area contributed by atoms with E-state index in [1.807, 2.05) is 24.3 Å². The van der Waals surface area contributed by atoms with Crippen LogP contribution in [-0.2, 0) is 13.0 Å². The third-order valence-corrected chi connectivity index (χ3v) is 7.07. The van der Waals surface area contributed by atoms with Crippen molar-refractivity contribution in [3.8, 4) is 5.75 Å². The highest BCUT2D eigenvalue weighted by Crippen LogP contribution is 2.32. The lowest BCUT2D eigenvalue weighted by atomic mass is 9.96. The SMILES string of the molecule is C[C@@H]1CCC[C@H](C)N1Cc1ccc(CCNC(=O)c2ccc(OCCC3CC3)cc2)cc1. The van der Waals surface area contributed by atoms with E-state index in [1.54, 1.807) is 0 Å². The van der Waals surface area contributed by atoms with E-state index in [0.29, 0.717) is 24.2 Å². The Hall–Kier alpha value is -2.33. The topological polar surface area (TPSA) is 41.6 Å². The maximum absolute atomic E-state index is 12.4. The fraction of sp³-hybridized carbons (Fsp3) is 0.536. The van der Waals surface area contributed by atoms with Gasteiger partial charge in [-0.1, -0.05) is 43.5 Å². The van der Waals surface area contributed by atoms with Gasteiger partial charge in [-0.2, -0.15) is 0 Å². The van der Waals surface area contributed by atoms with E-state index in [1.165, 1.54) is 43.2 Å². The summed E-state index contributed by atoms with van der Waals surface area (Å²) in [5.41, 5.74) is 3.31. The first kappa shape index (κ1) is 22.8. The molecule has 1 heterocycles. The fourth-order valence-electron chi connectivity index (χ4n) is 4.68. The number of nitrogens with one attached hydrogen (secondary N) is 1. The monoisotopic (exact) mass is 434 g/mol. The maximum Gasteiger partial charge on any atom is 0.251 e. The predicted molar refractivity (Wildman–Crippen MR) is 130 cm³/mol. The largest absolute Gasteiger partial charge is 0.494 e. The van der Waals surface area contributed by atoms with Crippen LogP contribution in [0.1, 0.15) is 73.9 Å². The van der Waals surface area contributed by atoms with Gasteiger partial charge >= 0.3 is 0 Å². The fourth-order valence-corrected chi connectivity index (χ4v) is 4.68. The highest BCUT2D eigenvalue weighted by atomic mass is 16.5. The Bertz CT molecular complexity index is 848. The molecule has 4 rings (SSSR count). The number of hydrogen-bond donors (Lipinski definition) is 1. The Kier molecular flexibility index (Phi) is 7.85. The van der Waals surface area contributed by atoms with E-state index < -0.39 is 0 Å². The third-order valence-electron chi connectivity index (χ3n) is 7.07. The molecule has 0 bridgehead atoms. The molecule has 1 saturated carbocycles. The van der Waals surface area contributed by atoms with Gasteiger partial charge in [0.1, 0.15) is 5.75 Å². The van der Waals surface area contributed by atoms with Crippen LogP contribution in [0.5, 0.6) is 5.75 Å². The molecule has 4 heteroatoms. The molecular weight excluding hydrogens is 396 g/mol. The maximum atomic E-state index is 12.4. The molecule has 2 aromatic rings. The summed E-state index contributed by atoms with van der Waals surface area (Å²) in [5.74, 6) is 1.69. The smallest absolute Gasteiger partial charge is 0.251 e. The average molecular weight is 435 g/mol. The summed E-state index contributed by atoms with van der Waals surface area (Å²) in [7, 11) is 0. The second-order valence-electron chi connectivity index (χ2n) is 9.73. The Morgan fingerprint density at radius 1 is 0.938 bits per heavy atom. The summed E-state index contributed by atoms with van der Waals surface area (Å²) in [6.45, 7) is 7.13. The molecule has 0 unspecified atom stereocenters. The van der Waals surface area contributed by atoms with Gasteiger partial charge < -0.3 is 10.1 Å². The number of likely N-dealkylation sites (tertiary alicyclic amines) is 1. The van der Waals surface area contributed by atoms with Crippen LogP contribution in [0.3, 0.4) is 0 Å². The van der Waals surface area contributed by atoms with Crippen LogP contribution in [0.15, 0.2) is 48.5 Å². The molecule has 1 aliphatic carbocycles. The second-order valence-corrected chi connectivity index (χ2v) is 9.73. The molecule has 1 amide bonds. The van der Waals surface area contributed by atoms with Crippen LogP contribution < -0.4 is 10.1 Å². The van der Waals surface area contributed by atoms with Crippen LogP contribution in [0.4, 0.5) is 0 Å². The van der Waals surface area contributed by atoms with Gasteiger partial charge in [0.2, 0.25) is 0 Å². The molecule has 2 atom stereocenters. The van der Waals surface area contributed by atoms with Crippen molar-refractivity contribution < 1.29 is 9.53 Å². The number of benzene rings is 2. The average Bonchev–Trinajstić information content (AvgIpc) is 3.62. The van der Waals surface area contributed by atoms with Gasteiger partial charge in [0.25, 0.3) is 5.91 Å². The van der Waals surface area contributed by atoms with Crippen molar-refractivity contribution in [2.75, 3.05) is 13.2 Å². The minimum Gasteiger partial charge on any atom is -0.494 e. The number of nitrogens with zero attached hydrogens (tertiary/aromatic N) is 1. The van der Waals surface area contributed by atoms with Gasteiger partial charge in [-0.15, -0.1) is 0 Å². The third kappa shape index (κ3) is 6.59. The summed E-state index contributed by atoms with van der Waals surface area (Å²) < 4.78 is 5.76. The zero-order valence-electron chi connectivity index (χ0n) is 19.7. The Balaban J connectivity index is 1.18. The number of hydrogen-bond acceptors (Lipinski definition) is 3. The highest BCUT2D eigenvalue weighted by Gasteiger charge is 2.24. The zero-order chi connectivity index (χ0) is 22.3. The lowest BCUT2D eigenvalue weighted by Crippen LogP contribution is -2.42. The molecule has 32 heavy (non-hydrogen) atoms. The summed E-state index contributed by atoms with van der Waals surface area (Å²) in [6, 6.07) is 17.7. The molecule has 2 aliphatic rings. The van der Waals surface area contributed by atoms with Crippen molar-refractivity contribution in [3.63, 3.8) is 0 Å². The molecule has 172 valence electrons. The van der Waals surface area contributed by atoms with Crippen molar-refractivity contribution in [3.05, 3.63) is 65.2 Å². The van der Waals surface area contributed by atoms with E-state index >= 15 is 0 Å². The first-order valence-corrected chi connectivity index (χ1v) is 12.4. The number of piperidine rings is 1. The Labute approximate surface area is 193 Å². The van der Waals surface area contributed by atoms with E-state index in [9.17, 15) is 4.79 Å². The Morgan fingerprint density at radius 2 is 1.59 bits per heavy atom. The van der Waals surface area contributed by atoms with Crippen LogP contribution in [0.25, 0.3) is 0 Å². The number of rotatable bonds is 10. The van der Waals surface area contributed by atoms with Crippen molar-refractivity contribution >= 4 is 5.91 Å². The molecule has 2 aromatic carbocycles. The standard InChI is InChI=1S/C28H38N2O2/c1-21-4-3-5-22(2)30(21)20-25-10-8-23(9-11-25)16-18-29-28(31)26-12-14-27(15-13-26)32-19-17-24-6-7-24/h8-15,21-22,24H,3-7,16-20H2,1-2H3,(H,29,31)/t21-,22+. The molecule has 1 aliphatic heterocycles. The van der Waals surface area contributed by atoms with Gasteiger partial charge in [-0.25, -0.2) is 0 Å². The van der Waals surface area contributed by atoms with E-state index in [-0.39, 0.29) is 5.91 Å². The molecule has 2 fully saturated rings. The summed E-state index contributed by atoms with van der Waals surface area (Å²) in [4.78, 5) is 15.1. The first-order chi connectivity index (χ1) is 15.6. The number of ether oxygens (including phenoxy) is 1. The van der Waals surface area contributed by atoms with E-state index in [2.05, 4.69) is 48.3 Å². The number of carbonyl (C=O) groups excluding carboxylic acids is 1. The van der Waals surface area contributed by atoms with Crippen LogP contribution in [0.2, 0.25) is 0 Å². The van der Waals surface area contributed by atoms with Crippen molar-refractivity contribution in [2.24, 2.45) is 5.92 Å². The number of amides is 1. The molecule has 0 aromatic heterocycles. The van der Waals surface area contributed by atoms with Gasteiger partial charge in [0.05, 0.1) is 6.61 Å². The highest BCUT2D eigenvalue weighted by molar-refractivity contribution is 5.94. The van der Waals surface area contributed by atoms with E-state index in [0.717, 1.165) is 37.7 Å². The molecule has 0 radical (unpaired) electrons. The normalized spacial score (nSPS) is 21.3. The van der Waals surface area contributed by atoms with Gasteiger partial charge in [-0.3, -0.25) is 9.69 Å². The molecule has 0 spiro atoms. The van der Waals surface area contributed by atoms with Crippen LogP contribution in [-0.4, -0.2) is 36.0 Å². The first-order valence-electron chi connectivity index (χ1n) is 12.4. The van der Waals surface area contributed by atoms with Crippen molar-refractivity contribution in [1.82, 2.24) is 10.2 Å². The summed E-state index contributed by atoms with van der Waals surface area (Å²) in [5, 5.41) is 3.04. The minimum atomic E-state index is -0.0285. The van der Waals surface area contributed by atoms with Crippen molar-refractivity contribution in [1.29, 1.82) is 0 Å². The second kappa shape index (κ2) is 11.0. The lowest BCUT2D eigenvalue weighted by Gasteiger charge is -2.39. The summed E-state index contributed by atoms with van der Waals surface area (Å²) >= 11 is 0. The Morgan fingerprint density at radius 3 is 2.25 bits per heavy atom.